The third-order valence-corrected chi connectivity index (χ3v) is 5.24. The Morgan fingerprint density at radius 3 is 2.50 bits per heavy atom. The lowest BCUT2D eigenvalue weighted by atomic mass is 10.1. The number of amides is 1. The van der Waals surface area contributed by atoms with E-state index >= 15 is 0 Å². The second kappa shape index (κ2) is 7.13. The smallest absolute Gasteiger partial charge is 0.253 e. The molecule has 8 heteroatoms. The van der Waals surface area contributed by atoms with Gasteiger partial charge < -0.3 is 10.6 Å². The summed E-state index contributed by atoms with van der Waals surface area (Å²) in [4.78, 5) is 26.6. The van der Waals surface area contributed by atoms with E-state index in [9.17, 15) is 4.79 Å². The molecule has 0 fully saturated rings. The number of rotatable bonds is 4. The molecule has 0 atom stereocenters. The second-order valence-corrected chi connectivity index (χ2v) is 9.01. The van der Waals surface area contributed by atoms with E-state index in [-0.39, 0.29) is 11.4 Å². The van der Waals surface area contributed by atoms with Gasteiger partial charge in [-0.25, -0.2) is 15.0 Å². The molecular formula is C18H21N5OS2. The van der Waals surface area contributed by atoms with Crippen molar-refractivity contribution < 1.29 is 4.79 Å². The molecule has 3 rings (SSSR count). The van der Waals surface area contributed by atoms with Gasteiger partial charge in [0.1, 0.15) is 5.82 Å². The van der Waals surface area contributed by atoms with Gasteiger partial charge in [0.15, 0.2) is 5.13 Å². The van der Waals surface area contributed by atoms with Crippen LogP contribution in [-0.4, -0.2) is 26.4 Å². The SMILES string of the molecule is Cc1nc(C)c(-c2csc(Nc3ccc(C(=O)NC(C)(C)C)cn3)n2)s1. The highest BCUT2D eigenvalue weighted by molar-refractivity contribution is 7.16. The van der Waals surface area contributed by atoms with Crippen molar-refractivity contribution in [2.75, 3.05) is 5.32 Å². The zero-order chi connectivity index (χ0) is 18.9. The largest absolute Gasteiger partial charge is 0.347 e. The summed E-state index contributed by atoms with van der Waals surface area (Å²) in [6.45, 7) is 9.82. The molecule has 0 saturated heterocycles. The molecule has 0 unspecified atom stereocenters. The van der Waals surface area contributed by atoms with Crippen LogP contribution in [0.4, 0.5) is 10.9 Å². The van der Waals surface area contributed by atoms with Crippen molar-refractivity contribution in [2.45, 2.75) is 40.2 Å². The number of nitrogens with one attached hydrogen (secondary N) is 2. The van der Waals surface area contributed by atoms with Crippen molar-refractivity contribution in [1.82, 2.24) is 20.3 Å². The average Bonchev–Trinajstić information content (AvgIpc) is 3.12. The van der Waals surface area contributed by atoms with Gasteiger partial charge in [0, 0.05) is 17.1 Å². The van der Waals surface area contributed by atoms with Gasteiger partial charge in [-0.05, 0) is 46.8 Å². The van der Waals surface area contributed by atoms with E-state index in [1.165, 1.54) is 11.3 Å². The molecule has 0 aliphatic rings. The quantitative estimate of drug-likeness (QED) is 0.686. The maximum atomic E-state index is 12.1. The molecule has 6 nitrogen and oxygen atoms in total. The summed E-state index contributed by atoms with van der Waals surface area (Å²) in [5, 5.41) is 9.90. The Labute approximate surface area is 160 Å². The second-order valence-electron chi connectivity index (χ2n) is 6.95. The summed E-state index contributed by atoms with van der Waals surface area (Å²) >= 11 is 3.15. The first-order valence-corrected chi connectivity index (χ1v) is 9.86. The molecule has 3 aromatic rings. The molecule has 3 aromatic heterocycles. The molecule has 0 saturated carbocycles. The van der Waals surface area contributed by atoms with Crippen LogP contribution in [0, 0.1) is 13.8 Å². The van der Waals surface area contributed by atoms with Gasteiger partial charge in [-0.1, -0.05) is 0 Å². The van der Waals surface area contributed by atoms with Crippen LogP contribution in [0.5, 0.6) is 0 Å². The monoisotopic (exact) mass is 387 g/mol. The number of aryl methyl sites for hydroxylation is 2. The summed E-state index contributed by atoms with van der Waals surface area (Å²) in [5.74, 6) is 0.513. The van der Waals surface area contributed by atoms with Gasteiger partial charge in [0.05, 0.1) is 26.8 Å². The molecule has 2 N–H and O–H groups in total. The van der Waals surface area contributed by atoms with Crippen molar-refractivity contribution in [3.8, 4) is 10.6 Å². The number of carbonyl (C=O) groups excluding carboxylic acids is 1. The number of nitrogens with zero attached hydrogens (tertiary/aromatic N) is 3. The molecule has 26 heavy (non-hydrogen) atoms. The van der Waals surface area contributed by atoms with E-state index < -0.39 is 0 Å². The maximum Gasteiger partial charge on any atom is 0.253 e. The predicted molar refractivity (Wildman–Crippen MR) is 107 cm³/mol. The van der Waals surface area contributed by atoms with Gasteiger partial charge in [0.25, 0.3) is 5.91 Å². The summed E-state index contributed by atoms with van der Waals surface area (Å²) in [6.07, 6.45) is 1.56. The Morgan fingerprint density at radius 2 is 1.92 bits per heavy atom. The molecular weight excluding hydrogens is 366 g/mol. The van der Waals surface area contributed by atoms with E-state index in [1.807, 2.05) is 40.0 Å². The number of anilines is 2. The number of pyridine rings is 1. The Hall–Kier alpha value is -2.32. The van der Waals surface area contributed by atoms with Gasteiger partial charge >= 0.3 is 0 Å². The van der Waals surface area contributed by atoms with Crippen molar-refractivity contribution >= 4 is 39.5 Å². The fraction of sp³-hybridized carbons (Fsp3) is 0.333. The fourth-order valence-corrected chi connectivity index (χ4v) is 3.99. The molecule has 3 heterocycles. The zero-order valence-electron chi connectivity index (χ0n) is 15.4. The average molecular weight is 388 g/mol. The Bertz CT molecular complexity index is 922. The Morgan fingerprint density at radius 1 is 1.15 bits per heavy atom. The van der Waals surface area contributed by atoms with E-state index in [0.717, 1.165) is 26.4 Å². The van der Waals surface area contributed by atoms with Gasteiger partial charge in [-0.15, -0.1) is 22.7 Å². The molecule has 1 amide bonds. The number of thiazole rings is 2. The highest BCUT2D eigenvalue weighted by Crippen LogP contribution is 2.32. The van der Waals surface area contributed by atoms with E-state index in [4.69, 9.17) is 0 Å². The van der Waals surface area contributed by atoms with Crippen LogP contribution in [0.1, 0.15) is 41.8 Å². The van der Waals surface area contributed by atoms with Gasteiger partial charge in [0.2, 0.25) is 0 Å². The van der Waals surface area contributed by atoms with Crippen LogP contribution < -0.4 is 10.6 Å². The highest BCUT2D eigenvalue weighted by Gasteiger charge is 2.16. The first kappa shape index (κ1) is 18.5. The van der Waals surface area contributed by atoms with E-state index in [1.54, 1.807) is 29.7 Å². The van der Waals surface area contributed by atoms with Crippen LogP contribution in [0.15, 0.2) is 23.7 Å². The Kier molecular flexibility index (Phi) is 5.06. The highest BCUT2D eigenvalue weighted by atomic mass is 32.1. The summed E-state index contributed by atoms with van der Waals surface area (Å²) in [6, 6.07) is 3.53. The van der Waals surface area contributed by atoms with Crippen molar-refractivity contribution in [2.24, 2.45) is 0 Å². The molecule has 136 valence electrons. The van der Waals surface area contributed by atoms with Gasteiger partial charge in [-0.2, -0.15) is 0 Å². The third-order valence-electron chi connectivity index (χ3n) is 3.39. The van der Waals surface area contributed by atoms with Crippen molar-refractivity contribution in [1.29, 1.82) is 0 Å². The van der Waals surface area contributed by atoms with Crippen LogP contribution >= 0.6 is 22.7 Å². The van der Waals surface area contributed by atoms with Gasteiger partial charge in [-0.3, -0.25) is 4.79 Å². The lowest BCUT2D eigenvalue weighted by Gasteiger charge is -2.20. The van der Waals surface area contributed by atoms with E-state index in [0.29, 0.717) is 11.4 Å². The number of hydrogen-bond donors (Lipinski definition) is 2. The lowest BCUT2D eigenvalue weighted by molar-refractivity contribution is 0.0919. The predicted octanol–water partition coefficient (Wildman–Crippen LogP) is 4.55. The minimum Gasteiger partial charge on any atom is -0.347 e. The molecule has 0 spiro atoms. The summed E-state index contributed by atoms with van der Waals surface area (Å²) in [7, 11) is 0. The Balaban J connectivity index is 1.70. The first-order chi connectivity index (χ1) is 12.2. The van der Waals surface area contributed by atoms with Crippen molar-refractivity contribution in [3.05, 3.63) is 40.0 Å². The maximum absolute atomic E-state index is 12.1. The number of aromatic nitrogens is 3. The molecule has 0 aliphatic heterocycles. The molecule has 0 aromatic carbocycles. The van der Waals surface area contributed by atoms with Crippen molar-refractivity contribution in [3.63, 3.8) is 0 Å². The topological polar surface area (TPSA) is 79.8 Å². The zero-order valence-corrected chi connectivity index (χ0v) is 17.0. The minimum atomic E-state index is -0.279. The van der Waals surface area contributed by atoms with Crippen LogP contribution in [0.3, 0.4) is 0 Å². The van der Waals surface area contributed by atoms with Crippen LogP contribution in [0.2, 0.25) is 0 Å². The van der Waals surface area contributed by atoms with Crippen LogP contribution in [0.25, 0.3) is 10.6 Å². The molecule has 0 bridgehead atoms. The number of carbonyl (C=O) groups is 1. The lowest BCUT2D eigenvalue weighted by Crippen LogP contribution is -2.40. The summed E-state index contributed by atoms with van der Waals surface area (Å²) in [5.41, 5.74) is 2.16. The normalized spacial score (nSPS) is 11.4. The first-order valence-electron chi connectivity index (χ1n) is 8.17. The standard InChI is InChI=1S/C18H21N5OS2/c1-10-15(26-11(2)20-10)13-9-25-17(21-13)22-14-7-6-12(8-19-14)16(24)23-18(3,4)5/h6-9H,1-5H3,(H,23,24)(H,19,21,22). The fourth-order valence-electron chi connectivity index (χ4n) is 2.33. The third kappa shape index (κ3) is 4.44. The summed E-state index contributed by atoms with van der Waals surface area (Å²) < 4.78 is 0. The van der Waals surface area contributed by atoms with E-state index in [2.05, 4.69) is 25.6 Å². The van der Waals surface area contributed by atoms with Crippen LogP contribution in [-0.2, 0) is 0 Å². The number of hydrogen-bond acceptors (Lipinski definition) is 7. The molecule has 0 aliphatic carbocycles. The minimum absolute atomic E-state index is 0.135. The molecule has 0 radical (unpaired) electrons.